The molecule has 2 aliphatic heterocycles. The van der Waals surface area contributed by atoms with E-state index in [4.69, 9.17) is 13.9 Å². The Morgan fingerprint density at radius 1 is 1.14 bits per heavy atom. The Morgan fingerprint density at radius 2 is 1.83 bits per heavy atom. The molecule has 10 nitrogen and oxygen atoms in total. The SMILES string of the molecule is CC1(C)OCC2(C(O)CC(=O)O)C1CC(=O)C1(C)C2CCC(C)(C(O)c2ccoc2)C12OC2C(=O)O. The summed E-state index contributed by atoms with van der Waals surface area (Å²) in [4.78, 5) is 38.2. The van der Waals surface area contributed by atoms with E-state index in [9.17, 15) is 34.8 Å². The number of aliphatic hydroxyl groups excluding tert-OH is 2. The highest BCUT2D eigenvalue weighted by atomic mass is 16.6. The highest BCUT2D eigenvalue weighted by Crippen LogP contribution is 2.77. The topological polar surface area (TPSA) is 167 Å². The van der Waals surface area contributed by atoms with Crippen molar-refractivity contribution >= 4 is 17.7 Å². The van der Waals surface area contributed by atoms with Gasteiger partial charge in [-0.05, 0) is 45.6 Å². The molecule has 0 amide bonds. The molecule has 4 N–H and O–H groups in total. The maximum atomic E-state index is 14.2. The van der Waals surface area contributed by atoms with Crippen LogP contribution in [0, 0.1) is 28.1 Å². The van der Waals surface area contributed by atoms with Gasteiger partial charge in [0.15, 0.2) is 6.10 Å². The Labute approximate surface area is 208 Å². The van der Waals surface area contributed by atoms with Gasteiger partial charge in [0.2, 0.25) is 0 Å². The third-order valence-corrected chi connectivity index (χ3v) is 10.4. The molecule has 1 aromatic rings. The van der Waals surface area contributed by atoms with E-state index in [-0.39, 0.29) is 25.2 Å². The van der Waals surface area contributed by atoms with Crippen molar-refractivity contribution in [2.45, 2.75) is 82.9 Å². The number of carbonyl (C=O) groups is 3. The lowest BCUT2D eigenvalue weighted by atomic mass is 9.37. The van der Waals surface area contributed by atoms with Crippen LogP contribution in [-0.4, -0.2) is 68.2 Å². The molecule has 0 aromatic carbocycles. The van der Waals surface area contributed by atoms with Crippen LogP contribution in [0.1, 0.15) is 65.0 Å². The minimum absolute atomic E-state index is 0.0218. The summed E-state index contributed by atoms with van der Waals surface area (Å²) in [5.74, 6) is -3.71. The summed E-state index contributed by atoms with van der Waals surface area (Å²) in [6.07, 6.45) is -0.962. The minimum atomic E-state index is -1.57. The zero-order valence-corrected chi connectivity index (χ0v) is 20.9. The Balaban J connectivity index is 1.70. The highest BCUT2D eigenvalue weighted by Gasteiger charge is 2.87. The van der Waals surface area contributed by atoms with Gasteiger partial charge in [-0.1, -0.05) is 6.92 Å². The van der Waals surface area contributed by atoms with Gasteiger partial charge in [0.05, 0.1) is 48.8 Å². The standard InChI is InChI=1S/C26H34O10/c1-22(2)15-9-16(27)24(4)14(25(15,12-35-22)17(28)10-18(29)30)5-7-23(3,19(31)13-6-8-34-11-13)26(24)20(36-26)21(32)33/h6,8,11,14-15,17,19-20,28,31H,5,7,9-10,12H2,1-4H3,(H,29,30)(H,32,33). The third kappa shape index (κ3) is 2.84. The van der Waals surface area contributed by atoms with Gasteiger partial charge in [-0.3, -0.25) is 9.59 Å². The molecule has 2 saturated heterocycles. The van der Waals surface area contributed by atoms with Crippen molar-refractivity contribution in [1.29, 1.82) is 0 Å². The number of rotatable bonds is 6. The largest absolute Gasteiger partial charge is 0.481 e. The molecule has 36 heavy (non-hydrogen) atoms. The Hall–Kier alpha value is -2.27. The number of carboxylic acids is 2. The molecule has 5 rings (SSSR count). The Kier molecular flexibility index (Phi) is 5.38. The smallest absolute Gasteiger partial charge is 0.335 e. The molecule has 4 aliphatic rings. The molecule has 0 bridgehead atoms. The zero-order chi connectivity index (χ0) is 26.5. The monoisotopic (exact) mass is 506 g/mol. The lowest BCUT2D eigenvalue weighted by Gasteiger charge is -2.64. The molecule has 1 spiro atoms. The Morgan fingerprint density at radius 3 is 2.39 bits per heavy atom. The molecule has 0 radical (unpaired) electrons. The van der Waals surface area contributed by atoms with E-state index in [0.29, 0.717) is 12.0 Å². The van der Waals surface area contributed by atoms with Gasteiger partial charge in [0.1, 0.15) is 11.4 Å². The summed E-state index contributed by atoms with van der Waals surface area (Å²) in [7, 11) is 0. The number of ether oxygens (including phenoxy) is 2. The fraction of sp³-hybridized carbons (Fsp3) is 0.731. The molecule has 198 valence electrons. The second kappa shape index (κ2) is 7.63. The molecule has 9 atom stereocenters. The van der Waals surface area contributed by atoms with E-state index < -0.39 is 76.0 Å². The maximum absolute atomic E-state index is 14.2. The van der Waals surface area contributed by atoms with E-state index in [1.807, 2.05) is 13.8 Å². The molecule has 10 heteroatoms. The molecular weight excluding hydrogens is 472 g/mol. The van der Waals surface area contributed by atoms with Crippen LogP contribution in [-0.2, 0) is 23.9 Å². The number of hydrogen-bond donors (Lipinski definition) is 4. The van der Waals surface area contributed by atoms with Gasteiger partial charge in [0.25, 0.3) is 0 Å². The zero-order valence-electron chi connectivity index (χ0n) is 20.9. The normalized spacial score (nSPS) is 44.5. The number of epoxide rings is 1. The van der Waals surface area contributed by atoms with Gasteiger partial charge < -0.3 is 34.3 Å². The molecule has 2 saturated carbocycles. The summed E-state index contributed by atoms with van der Waals surface area (Å²) in [6.45, 7) is 7.13. The predicted molar refractivity (Wildman–Crippen MR) is 122 cm³/mol. The van der Waals surface area contributed by atoms with Gasteiger partial charge in [0, 0.05) is 28.7 Å². The van der Waals surface area contributed by atoms with E-state index in [0.717, 1.165) is 0 Å². The van der Waals surface area contributed by atoms with E-state index >= 15 is 0 Å². The quantitative estimate of drug-likeness (QED) is 0.420. The van der Waals surface area contributed by atoms with Crippen LogP contribution in [0.15, 0.2) is 23.0 Å². The highest BCUT2D eigenvalue weighted by molar-refractivity contribution is 5.92. The predicted octanol–water partition coefficient (Wildman–Crippen LogP) is 2.18. The van der Waals surface area contributed by atoms with Gasteiger partial charge in [-0.25, -0.2) is 4.79 Å². The lowest BCUT2D eigenvalue weighted by Crippen LogP contribution is -2.71. The number of aliphatic hydroxyl groups is 2. The number of furan rings is 1. The Bertz CT molecular complexity index is 1100. The van der Waals surface area contributed by atoms with Crippen molar-refractivity contribution in [3.63, 3.8) is 0 Å². The first kappa shape index (κ1) is 25.4. The number of hydrogen-bond acceptors (Lipinski definition) is 8. The molecule has 2 aliphatic carbocycles. The number of fused-ring (bicyclic) bond motifs is 4. The summed E-state index contributed by atoms with van der Waals surface area (Å²) in [6, 6.07) is 1.60. The number of ketones is 1. The van der Waals surface area contributed by atoms with E-state index in [2.05, 4.69) is 0 Å². The molecule has 3 heterocycles. The van der Waals surface area contributed by atoms with Crippen molar-refractivity contribution in [2.75, 3.05) is 6.61 Å². The fourth-order valence-corrected chi connectivity index (χ4v) is 8.57. The van der Waals surface area contributed by atoms with Crippen LogP contribution in [0.5, 0.6) is 0 Å². The average Bonchev–Trinajstić information content (AvgIpc) is 3.22. The lowest BCUT2D eigenvalue weighted by molar-refractivity contribution is -0.211. The van der Waals surface area contributed by atoms with Gasteiger partial charge >= 0.3 is 11.9 Å². The number of aliphatic carboxylic acids is 2. The second-order valence-corrected chi connectivity index (χ2v) is 12.0. The molecular formula is C26H34O10. The summed E-state index contributed by atoms with van der Waals surface area (Å²) in [5, 5.41) is 42.6. The first-order chi connectivity index (χ1) is 16.7. The third-order valence-electron chi connectivity index (χ3n) is 10.4. The molecule has 4 fully saturated rings. The summed E-state index contributed by atoms with van der Waals surface area (Å²) >= 11 is 0. The van der Waals surface area contributed by atoms with Crippen LogP contribution >= 0.6 is 0 Å². The minimum Gasteiger partial charge on any atom is -0.481 e. The van der Waals surface area contributed by atoms with Gasteiger partial charge in [-0.2, -0.15) is 0 Å². The van der Waals surface area contributed by atoms with Crippen molar-refractivity contribution in [3.8, 4) is 0 Å². The number of carbonyl (C=O) groups excluding carboxylic acids is 1. The number of carboxylic acid groups (broad SMARTS) is 2. The van der Waals surface area contributed by atoms with Crippen LogP contribution in [0.4, 0.5) is 0 Å². The van der Waals surface area contributed by atoms with Crippen molar-refractivity contribution in [2.24, 2.45) is 28.1 Å². The van der Waals surface area contributed by atoms with Crippen molar-refractivity contribution < 1.29 is 48.7 Å². The summed E-state index contributed by atoms with van der Waals surface area (Å²) in [5.41, 5.74) is -5.62. The summed E-state index contributed by atoms with van der Waals surface area (Å²) < 4.78 is 17.3. The maximum Gasteiger partial charge on any atom is 0.335 e. The van der Waals surface area contributed by atoms with Crippen LogP contribution < -0.4 is 0 Å². The van der Waals surface area contributed by atoms with Gasteiger partial charge in [-0.15, -0.1) is 0 Å². The van der Waals surface area contributed by atoms with E-state index in [1.165, 1.54) is 12.5 Å². The fourth-order valence-electron chi connectivity index (χ4n) is 8.57. The van der Waals surface area contributed by atoms with Crippen LogP contribution in [0.25, 0.3) is 0 Å². The van der Waals surface area contributed by atoms with Crippen molar-refractivity contribution in [1.82, 2.24) is 0 Å². The van der Waals surface area contributed by atoms with Crippen LogP contribution in [0.2, 0.25) is 0 Å². The second-order valence-electron chi connectivity index (χ2n) is 12.0. The van der Waals surface area contributed by atoms with E-state index in [1.54, 1.807) is 19.9 Å². The molecule has 9 unspecified atom stereocenters. The molecule has 1 aromatic heterocycles. The first-order valence-corrected chi connectivity index (χ1v) is 12.4. The van der Waals surface area contributed by atoms with Crippen LogP contribution in [0.3, 0.4) is 0 Å². The average molecular weight is 507 g/mol. The first-order valence-electron chi connectivity index (χ1n) is 12.4. The van der Waals surface area contributed by atoms with Crippen molar-refractivity contribution in [3.05, 3.63) is 24.2 Å². The number of Topliss-reactive ketones (excluding diaryl/α,β-unsaturated/α-hetero) is 1.